The molecule has 0 aliphatic carbocycles. The first-order valence-corrected chi connectivity index (χ1v) is 13.4. The highest BCUT2D eigenvalue weighted by Crippen LogP contribution is 2.30. The van der Waals surface area contributed by atoms with Gasteiger partial charge >= 0.3 is 5.97 Å². The molecule has 0 aromatic heterocycles. The van der Waals surface area contributed by atoms with E-state index in [1.54, 1.807) is 73.8 Å². The molecule has 0 spiro atoms. The Morgan fingerprint density at radius 1 is 0.946 bits per heavy atom. The number of hydrogen-bond acceptors (Lipinski definition) is 6. The van der Waals surface area contributed by atoms with Gasteiger partial charge in [0, 0.05) is 19.2 Å². The van der Waals surface area contributed by atoms with Crippen molar-refractivity contribution in [2.24, 2.45) is 0 Å². The molecule has 1 N–H and O–H groups in total. The number of unbranched alkanes of at least 4 members (excludes halogenated alkanes) is 1. The second-order valence-electron chi connectivity index (χ2n) is 8.44. The fourth-order valence-corrected chi connectivity index (χ4v) is 5.04. The highest BCUT2D eigenvalue weighted by atomic mass is 32.2. The van der Waals surface area contributed by atoms with E-state index in [1.165, 1.54) is 23.5 Å². The Balaban J connectivity index is 1.78. The maximum absolute atomic E-state index is 13.3. The number of nitrogens with zero attached hydrogens (tertiary/aromatic N) is 1. The molecule has 0 aliphatic rings. The van der Waals surface area contributed by atoms with Gasteiger partial charge in [-0.25, -0.2) is 13.2 Å². The molecular weight excluding hydrogens is 492 g/mol. The van der Waals surface area contributed by atoms with Gasteiger partial charge in [0.1, 0.15) is 5.75 Å². The zero-order valence-electron chi connectivity index (χ0n) is 21.2. The third kappa shape index (κ3) is 7.41. The number of sulfonamides is 1. The molecule has 3 aromatic rings. The molecule has 196 valence electrons. The van der Waals surface area contributed by atoms with Crippen LogP contribution in [-0.2, 0) is 19.6 Å². The third-order valence-corrected chi connectivity index (χ3v) is 7.75. The van der Waals surface area contributed by atoms with Crippen LogP contribution in [0.4, 0.5) is 5.69 Å². The van der Waals surface area contributed by atoms with Gasteiger partial charge in [-0.15, -0.1) is 0 Å². The molecular formula is C28H32N2O6S. The molecule has 3 rings (SSSR count). The Bertz CT molecular complexity index is 1280. The van der Waals surface area contributed by atoms with Crippen molar-refractivity contribution >= 4 is 27.6 Å². The predicted octanol–water partition coefficient (Wildman–Crippen LogP) is 5.04. The second-order valence-corrected chi connectivity index (χ2v) is 10.4. The Hall–Kier alpha value is -3.69. The minimum Gasteiger partial charge on any atom is -0.497 e. The molecule has 0 aliphatic heterocycles. The minimum atomic E-state index is -3.87. The fraction of sp³-hybridized carbons (Fsp3) is 0.286. The van der Waals surface area contributed by atoms with E-state index in [1.807, 2.05) is 6.92 Å². The lowest BCUT2D eigenvalue weighted by Gasteiger charge is -2.28. The third-order valence-electron chi connectivity index (χ3n) is 5.87. The Morgan fingerprint density at radius 3 is 2.19 bits per heavy atom. The quantitative estimate of drug-likeness (QED) is 0.263. The van der Waals surface area contributed by atoms with E-state index in [0.29, 0.717) is 29.2 Å². The van der Waals surface area contributed by atoms with Gasteiger partial charge in [0.25, 0.3) is 0 Å². The first-order valence-electron chi connectivity index (χ1n) is 12.0. The summed E-state index contributed by atoms with van der Waals surface area (Å²) in [4.78, 5) is 25.3. The highest BCUT2D eigenvalue weighted by molar-refractivity contribution is 7.89. The summed E-state index contributed by atoms with van der Waals surface area (Å²) < 4.78 is 38.3. The fourth-order valence-electron chi connectivity index (χ4n) is 3.68. The van der Waals surface area contributed by atoms with Crippen molar-refractivity contribution < 1.29 is 27.5 Å². The van der Waals surface area contributed by atoms with Crippen molar-refractivity contribution in [3.63, 3.8) is 0 Å². The van der Waals surface area contributed by atoms with Gasteiger partial charge in [-0.1, -0.05) is 43.7 Å². The molecule has 0 bridgehead atoms. The highest BCUT2D eigenvalue weighted by Gasteiger charge is 2.31. The molecule has 37 heavy (non-hydrogen) atoms. The van der Waals surface area contributed by atoms with E-state index in [9.17, 15) is 18.0 Å². The van der Waals surface area contributed by atoms with Crippen LogP contribution < -0.4 is 10.1 Å². The van der Waals surface area contributed by atoms with E-state index >= 15 is 0 Å². The summed E-state index contributed by atoms with van der Waals surface area (Å²) >= 11 is 0. The van der Waals surface area contributed by atoms with Gasteiger partial charge in [-0.3, -0.25) is 4.79 Å². The van der Waals surface area contributed by atoms with Crippen molar-refractivity contribution in [1.29, 1.82) is 0 Å². The van der Waals surface area contributed by atoms with Crippen LogP contribution in [-0.4, -0.2) is 45.4 Å². The first-order chi connectivity index (χ1) is 17.8. The van der Waals surface area contributed by atoms with Crippen LogP contribution in [0.25, 0.3) is 0 Å². The number of hydrogen-bond donors (Lipinski definition) is 1. The minimum absolute atomic E-state index is 0.129. The van der Waals surface area contributed by atoms with Crippen LogP contribution in [0.2, 0.25) is 0 Å². The normalized spacial score (nSPS) is 12.1. The molecule has 8 nitrogen and oxygen atoms in total. The van der Waals surface area contributed by atoms with Gasteiger partial charge in [0.2, 0.25) is 15.9 Å². The maximum Gasteiger partial charge on any atom is 0.338 e. The molecule has 0 saturated carbocycles. The number of esters is 1. The summed E-state index contributed by atoms with van der Waals surface area (Å²) in [7, 11) is -0.869. The van der Waals surface area contributed by atoms with E-state index in [2.05, 4.69) is 5.32 Å². The average Bonchev–Trinajstić information content (AvgIpc) is 2.92. The lowest BCUT2D eigenvalue weighted by molar-refractivity contribution is -0.117. The summed E-state index contributed by atoms with van der Waals surface area (Å²) in [5.41, 5.74) is 1.51. The van der Waals surface area contributed by atoms with E-state index in [4.69, 9.17) is 9.47 Å². The average molecular weight is 525 g/mol. The largest absolute Gasteiger partial charge is 0.497 e. The van der Waals surface area contributed by atoms with Gasteiger partial charge in [0.15, 0.2) is 0 Å². The number of rotatable bonds is 12. The van der Waals surface area contributed by atoms with Crippen molar-refractivity contribution in [3.05, 3.63) is 90.0 Å². The number of anilines is 1. The van der Waals surface area contributed by atoms with Crippen molar-refractivity contribution in [1.82, 2.24) is 4.31 Å². The molecule has 0 radical (unpaired) electrons. The van der Waals surface area contributed by atoms with Crippen LogP contribution in [0.15, 0.2) is 83.8 Å². The zero-order valence-corrected chi connectivity index (χ0v) is 22.0. The molecule has 0 fully saturated rings. The summed E-state index contributed by atoms with van der Waals surface area (Å²) in [5.74, 6) is -0.179. The van der Waals surface area contributed by atoms with Gasteiger partial charge < -0.3 is 14.8 Å². The lowest BCUT2D eigenvalue weighted by Crippen LogP contribution is -2.33. The van der Waals surface area contributed by atoms with Crippen molar-refractivity contribution in [2.45, 2.75) is 37.1 Å². The maximum atomic E-state index is 13.3. The van der Waals surface area contributed by atoms with Crippen LogP contribution in [0.3, 0.4) is 0 Å². The smallest absolute Gasteiger partial charge is 0.338 e. The number of carbonyl (C=O) groups is 2. The van der Waals surface area contributed by atoms with Crippen LogP contribution >= 0.6 is 0 Å². The molecule has 0 unspecified atom stereocenters. The van der Waals surface area contributed by atoms with Crippen LogP contribution in [0.1, 0.15) is 48.1 Å². The standard InChI is InChI=1S/C28H32N2O6S/c1-4-5-19-36-28(32)22-11-15-23(16-12-22)29-27(31)20-26(21-13-17-24(35-3)18-14-21)30(2)37(33,34)25-9-7-6-8-10-25/h6-18,26H,4-5,19-20H2,1-3H3,(H,29,31)/t26-/m0/s1. The molecule has 1 amide bonds. The SMILES string of the molecule is CCCCOC(=O)c1ccc(NC(=O)C[C@@H](c2ccc(OC)cc2)N(C)S(=O)(=O)c2ccccc2)cc1. The summed E-state index contributed by atoms with van der Waals surface area (Å²) in [6, 6.07) is 20.6. The molecule has 9 heteroatoms. The van der Waals surface area contributed by atoms with Crippen LogP contribution in [0, 0.1) is 0 Å². The van der Waals surface area contributed by atoms with Crippen LogP contribution in [0.5, 0.6) is 5.75 Å². The molecule has 3 aromatic carbocycles. The summed E-state index contributed by atoms with van der Waals surface area (Å²) in [6.07, 6.45) is 1.59. The number of carbonyl (C=O) groups excluding carboxylic acids is 2. The number of benzene rings is 3. The zero-order chi connectivity index (χ0) is 26.8. The summed E-state index contributed by atoms with van der Waals surface area (Å²) in [5, 5.41) is 2.79. The number of amides is 1. The topological polar surface area (TPSA) is 102 Å². The van der Waals surface area contributed by atoms with E-state index in [0.717, 1.165) is 12.8 Å². The Morgan fingerprint density at radius 2 is 1.59 bits per heavy atom. The molecule has 0 saturated heterocycles. The van der Waals surface area contributed by atoms with Gasteiger partial charge in [-0.05, 0) is 60.5 Å². The van der Waals surface area contributed by atoms with Crippen molar-refractivity contribution in [3.8, 4) is 5.75 Å². The lowest BCUT2D eigenvalue weighted by atomic mass is 10.0. The van der Waals surface area contributed by atoms with Gasteiger partial charge in [-0.2, -0.15) is 4.31 Å². The first kappa shape index (κ1) is 27.9. The number of methoxy groups -OCH3 is 1. The monoisotopic (exact) mass is 524 g/mol. The molecule has 0 heterocycles. The second kappa shape index (κ2) is 13.0. The van der Waals surface area contributed by atoms with Gasteiger partial charge in [0.05, 0.1) is 30.2 Å². The van der Waals surface area contributed by atoms with E-state index < -0.39 is 22.0 Å². The Labute approximate surface area is 218 Å². The van der Waals surface area contributed by atoms with E-state index in [-0.39, 0.29) is 17.2 Å². The number of nitrogens with one attached hydrogen (secondary N) is 1. The summed E-state index contributed by atoms with van der Waals surface area (Å²) in [6.45, 7) is 2.37. The Kier molecular flexibility index (Phi) is 9.82. The molecule has 1 atom stereocenters. The van der Waals surface area contributed by atoms with Crippen molar-refractivity contribution in [2.75, 3.05) is 26.1 Å². The number of ether oxygens (including phenoxy) is 2. The predicted molar refractivity (Wildman–Crippen MR) is 142 cm³/mol.